The number of benzene rings is 2. The van der Waals surface area contributed by atoms with E-state index in [4.69, 9.17) is 10.5 Å². The molecule has 7 heteroatoms. The number of carbonyl (C=O) groups excluding carboxylic acids is 2. The highest BCUT2D eigenvalue weighted by molar-refractivity contribution is 5.99. The molecule has 0 spiro atoms. The molecule has 1 saturated carbocycles. The van der Waals surface area contributed by atoms with Crippen molar-refractivity contribution in [2.24, 2.45) is 5.73 Å². The van der Waals surface area contributed by atoms with Crippen molar-refractivity contribution in [2.75, 3.05) is 17.2 Å². The lowest BCUT2D eigenvalue weighted by molar-refractivity contribution is -0.117. The smallest absolute Gasteiger partial charge is 0.354 e. The number of nitrogens with two attached hydrogens (primary N) is 1. The lowest BCUT2D eigenvalue weighted by Gasteiger charge is -2.13. The van der Waals surface area contributed by atoms with E-state index in [9.17, 15) is 9.59 Å². The first-order chi connectivity index (χ1) is 14.5. The van der Waals surface area contributed by atoms with Gasteiger partial charge in [-0.15, -0.1) is 0 Å². The van der Waals surface area contributed by atoms with E-state index in [1.54, 1.807) is 25.1 Å². The van der Waals surface area contributed by atoms with Crippen LogP contribution in [0, 0.1) is 0 Å². The van der Waals surface area contributed by atoms with Crippen molar-refractivity contribution in [3.05, 3.63) is 59.8 Å². The van der Waals surface area contributed by atoms with Crippen LogP contribution in [-0.2, 0) is 16.0 Å². The Hall–Kier alpha value is -3.32. The molecular weight excluding hydrogens is 380 g/mol. The standard InChI is InChI=1S/C23H26N4O3/c1-2-30-23(29)21-13-15-12-18(9-10-20(15)27-21)26-22(28)19(24)11-14-3-5-16(6-4-14)25-17-7-8-17/h3-6,9-10,12-13,17,19,25,27H,2,7-8,11,24H2,1H3,(H,26,28). The predicted molar refractivity (Wildman–Crippen MR) is 118 cm³/mol. The first-order valence-corrected chi connectivity index (χ1v) is 10.2. The number of aromatic nitrogens is 1. The first-order valence-electron chi connectivity index (χ1n) is 10.2. The predicted octanol–water partition coefficient (Wildman–Crippen LogP) is 3.43. The van der Waals surface area contributed by atoms with Crippen molar-refractivity contribution >= 4 is 34.2 Å². The summed E-state index contributed by atoms with van der Waals surface area (Å²) in [7, 11) is 0. The summed E-state index contributed by atoms with van der Waals surface area (Å²) in [6, 6.07) is 15.1. The van der Waals surface area contributed by atoms with Crippen molar-refractivity contribution in [3.63, 3.8) is 0 Å². The fourth-order valence-corrected chi connectivity index (χ4v) is 3.31. The maximum absolute atomic E-state index is 12.5. The van der Waals surface area contributed by atoms with E-state index in [0.29, 0.717) is 30.5 Å². The fraction of sp³-hybridized carbons (Fsp3) is 0.304. The van der Waals surface area contributed by atoms with Crippen LogP contribution in [0.2, 0.25) is 0 Å². The molecule has 1 unspecified atom stereocenters. The molecule has 1 heterocycles. The number of H-pyrrole nitrogens is 1. The Kier molecular flexibility index (Phi) is 5.72. The molecule has 5 N–H and O–H groups in total. The monoisotopic (exact) mass is 406 g/mol. The van der Waals surface area contributed by atoms with E-state index in [-0.39, 0.29) is 5.91 Å². The van der Waals surface area contributed by atoms with Gasteiger partial charge in [0.25, 0.3) is 0 Å². The molecule has 3 aromatic rings. The molecule has 7 nitrogen and oxygen atoms in total. The molecule has 1 atom stereocenters. The lowest BCUT2D eigenvalue weighted by Crippen LogP contribution is -2.37. The SMILES string of the molecule is CCOC(=O)c1cc2cc(NC(=O)C(N)Cc3ccc(NC4CC4)cc3)ccc2[nH]1. The summed E-state index contributed by atoms with van der Waals surface area (Å²) in [5.41, 5.74) is 10.0. The van der Waals surface area contributed by atoms with Crippen LogP contribution < -0.4 is 16.4 Å². The molecule has 1 aliphatic rings. The van der Waals surface area contributed by atoms with Gasteiger partial charge in [0.15, 0.2) is 0 Å². The van der Waals surface area contributed by atoms with Crippen molar-refractivity contribution < 1.29 is 14.3 Å². The topological polar surface area (TPSA) is 109 Å². The van der Waals surface area contributed by atoms with Crippen molar-refractivity contribution in [1.82, 2.24) is 4.98 Å². The Balaban J connectivity index is 1.37. The molecule has 1 aromatic heterocycles. The first kappa shape index (κ1) is 20.0. The molecule has 1 fully saturated rings. The van der Waals surface area contributed by atoms with Crippen molar-refractivity contribution in [3.8, 4) is 0 Å². The van der Waals surface area contributed by atoms with E-state index in [1.807, 2.05) is 30.3 Å². The zero-order chi connectivity index (χ0) is 21.1. The molecule has 0 bridgehead atoms. The molecule has 1 aliphatic carbocycles. The Bertz CT molecular complexity index is 1050. The van der Waals surface area contributed by atoms with E-state index < -0.39 is 12.0 Å². The molecule has 0 radical (unpaired) electrons. The molecular formula is C23H26N4O3. The average molecular weight is 406 g/mol. The van der Waals surface area contributed by atoms with E-state index in [1.165, 1.54) is 12.8 Å². The Labute approximate surface area is 175 Å². The molecule has 0 saturated heterocycles. The highest BCUT2D eigenvalue weighted by Crippen LogP contribution is 2.25. The van der Waals surface area contributed by atoms with Gasteiger partial charge in [0.1, 0.15) is 5.69 Å². The highest BCUT2D eigenvalue weighted by atomic mass is 16.5. The van der Waals surface area contributed by atoms with Crippen LogP contribution >= 0.6 is 0 Å². The van der Waals surface area contributed by atoms with Crippen LogP contribution in [0.4, 0.5) is 11.4 Å². The Morgan fingerprint density at radius 3 is 2.57 bits per heavy atom. The fourth-order valence-electron chi connectivity index (χ4n) is 3.31. The number of aromatic amines is 1. The minimum atomic E-state index is -0.663. The molecule has 0 aliphatic heterocycles. The summed E-state index contributed by atoms with van der Waals surface area (Å²) < 4.78 is 5.01. The number of ether oxygens (including phenoxy) is 1. The Morgan fingerprint density at radius 2 is 1.87 bits per heavy atom. The molecule has 2 aromatic carbocycles. The number of hydrogen-bond donors (Lipinski definition) is 4. The maximum atomic E-state index is 12.5. The second-order valence-corrected chi connectivity index (χ2v) is 7.62. The summed E-state index contributed by atoms with van der Waals surface area (Å²) in [4.78, 5) is 27.4. The van der Waals surface area contributed by atoms with Gasteiger partial charge in [-0.2, -0.15) is 0 Å². The number of anilines is 2. The van der Waals surface area contributed by atoms with Gasteiger partial charge in [-0.3, -0.25) is 4.79 Å². The van der Waals surface area contributed by atoms with E-state index in [0.717, 1.165) is 22.2 Å². The van der Waals surface area contributed by atoms with Gasteiger partial charge < -0.3 is 26.1 Å². The zero-order valence-corrected chi connectivity index (χ0v) is 16.9. The van der Waals surface area contributed by atoms with Crippen LogP contribution in [0.3, 0.4) is 0 Å². The minimum Gasteiger partial charge on any atom is -0.461 e. The number of nitrogens with one attached hydrogen (secondary N) is 3. The molecule has 156 valence electrons. The molecule has 1 amide bonds. The van der Waals surface area contributed by atoms with Gasteiger partial charge in [0, 0.05) is 28.3 Å². The summed E-state index contributed by atoms with van der Waals surface area (Å²) in [5.74, 6) is -0.657. The Morgan fingerprint density at radius 1 is 1.13 bits per heavy atom. The van der Waals surface area contributed by atoms with Crippen LogP contribution in [0.1, 0.15) is 35.8 Å². The number of amides is 1. The van der Waals surface area contributed by atoms with Crippen LogP contribution in [0.15, 0.2) is 48.5 Å². The van der Waals surface area contributed by atoms with Crippen molar-refractivity contribution in [1.29, 1.82) is 0 Å². The van der Waals surface area contributed by atoms with Gasteiger partial charge in [0.2, 0.25) is 5.91 Å². The van der Waals surface area contributed by atoms with Gasteiger partial charge in [-0.05, 0) is 68.1 Å². The highest BCUT2D eigenvalue weighted by Gasteiger charge is 2.21. The van der Waals surface area contributed by atoms with E-state index in [2.05, 4.69) is 15.6 Å². The average Bonchev–Trinajstić information content (AvgIpc) is 3.44. The summed E-state index contributed by atoms with van der Waals surface area (Å²) >= 11 is 0. The number of esters is 1. The number of carbonyl (C=O) groups is 2. The van der Waals surface area contributed by atoms with Crippen molar-refractivity contribution in [2.45, 2.75) is 38.3 Å². The summed E-state index contributed by atoms with van der Waals surface area (Å²) in [6.45, 7) is 2.07. The summed E-state index contributed by atoms with van der Waals surface area (Å²) in [6.07, 6.45) is 2.91. The number of hydrogen-bond acceptors (Lipinski definition) is 5. The van der Waals surface area contributed by atoms with Gasteiger partial charge >= 0.3 is 5.97 Å². The third-order valence-electron chi connectivity index (χ3n) is 5.08. The number of fused-ring (bicyclic) bond motifs is 1. The zero-order valence-electron chi connectivity index (χ0n) is 16.9. The van der Waals surface area contributed by atoms with Crippen LogP contribution in [0.5, 0.6) is 0 Å². The second-order valence-electron chi connectivity index (χ2n) is 7.62. The van der Waals surface area contributed by atoms with Gasteiger partial charge in [-0.1, -0.05) is 12.1 Å². The van der Waals surface area contributed by atoms with E-state index >= 15 is 0 Å². The van der Waals surface area contributed by atoms with Crippen LogP contribution in [-0.4, -0.2) is 35.6 Å². The maximum Gasteiger partial charge on any atom is 0.354 e. The molecule has 30 heavy (non-hydrogen) atoms. The normalized spacial score (nSPS) is 14.3. The van der Waals surface area contributed by atoms with Crippen LogP contribution in [0.25, 0.3) is 10.9 Å². The quantitative estimate of drug-likeness (QED) is 0.429. The summed E-state index contributed by atoms with van der Waals surface area (Å²) in [5, 5.41) is 7.11. The van der Waals surface area contributed by atoms with Gasteiger partial charge in [0.05, 0.1) is 12.6 Å². The largest absolute Gasteiger partial charge is 0.461 e. The third kappa shape index (κ3) is 4.80. The van der Waals surface area contributed by atoms with Gasteiger partial charge in [-0.25, -0.2) is 4.79 Å². The lowest BCUT2D eigenvalue weighted by atomic mass is 10.1. The molecule has 4 rings (SSSR count). The number of rotatable bonds is 8. The second kappa shape index (κ2) is 8.59. The minimum absolute atomic E-state index is 0.254. The third-order valence-corrected chi connectivity index (χ3v) is 5.08.